The van der Waals surface area contributed by atoms with Gasteiger partial charge in [-0.1, -0.05) is 19.0 Å². The van der Waals surface area contributed by atoms with Crippen molar-refractivity contribution in [1.29, 1.82) is 0 Å². The molecule has 0 bridgehead atoms. The summed E-state index contributed by atoms with van der Waals surface area (Å²) in [6.07, 6.45) is -3.90. The van der Waals surface area contributed by atoms with Crippen molar-refractivity contribution in [2.45, 2.75) is 36.0 Å². The highest BCUT2D eigenvalue weighted by molar-refractivity contribution is 7.91. The second kappa shape index (κ2) is 14.8. The van der Waals surface area contributed by atoms with E-state index in [0.717, 1.165) is 18.3 Å². The van der Waals surface area contributed by atoms with Gasteiger partial charge in [0, 0.05) is 50.0 Å². The smallest absolute Gasteiger partial charge is 0.411 e. The van der Waals surface area contributed by atoms with Crippen molar-refractivity contribution >= 4 is 54.5 Å². The Hall–Kier alpha value is -5.84. The first kappa shape index (κ1) is 40.3. The SMILES string of the molecule is CCS(=O)(=O)c1cc(C=NO)cnc1-c1nc2cc(C(F)(F)F)cnc2n1C.CCS(=O)(=O)c1cc(C=O)cnc1-c1nc2cc(C(F)(F)F)cnc2n1C. The Labute approximate surface area is 307 Å². The largest absolute Gasteiger partial charge is 0.417 e. The number of halogens is 6. The molecule has 1 N–H and O–H groups in total. The fourth-order valence-corrected chi connectivity index (χ4v) is 7.26. The number of carbonyl (C=O) groups excluding carboxylic acids is 1. The summed E-state index contributed by atoms with van der Waals surface area (Å²) in [6.45, 7) is 2.87. The second-order valence-electron chi connectivity index (χ2n) is 11.5. The minimum absolute atomic E-state index is 0.0290. The number of aromatic nitrogens is 8. The Morgan fingerprint density at radius 2 is 1.07 bits per heavy atom. The molecule has 6 heterocycles. The Balaban J connectivity index is 0.000000211. The molecule has 290 valence electrons. The summed E-state index contributed by atoms with van der Waals surface area (Å²) in [5.74, 6) is -0.408. The zero-order chi connectivity index (χ0) is 40.7. The number of oxime groups is 1. The fourth-order valence-electron chi connectivity index (χ4n) is 5.13. The number of sulfone groups is 2. The van der Waals surface area contributed by atoms with E-state index in [-0.39, 0.29) is 77.8 Å². The Morgan fingerprint density at radius 1 is 0.673 bits per heavy atom. The van der Waals surface area contributed by atoms with Crippen LogP contribution in [0, 0.1) is 0 Å². The molecule has 0 aromatic carbocycles. The van der Waals surface area contributed by atoms with E-state index in [1.165, 1.54) is 61.6 Å². The van der Waals surface area contributed by atoms with Gasteiger partial charge >= 0.3 is 12.4 Å². The third-order valence-corrected chi connectivity index (χ3v) is 11.5. The highest BCUT2D eigenvalue weighted by Gasteiger charge is 2.33. The molecule has 6 aromatic heterocycles. The summed E-state index contributed by atoms with van der Waals surface area (Å²) >= 11 is 0. The minimum Gasteiger partial charge on any atom is -0.411 e. The standard InChI is InChI=1S/C16H14F3N5O3S.C16H13F3N4O3S/c1-3-28(26,27)12-4-9(7-22-25)6-20-13(12)15-23-11-5-10(16(17,18)19)8-21-14(11)24(15)2;1-3-27(25,26)12-4-9(8-24)6-20-13(12)15-22-11-5-10(16(17,18)19)7-21-14(11)23(15)2/h4-8,25H,3H2,1-2H3;4-8H,3H2,1-2H3. The van der Waals surface area contributed by atoms with Crippen molar-refractivity contribution in [2.24, 2.45) is 19.3 Å². The first-order chi connectivity index (χ1) is 25.7. The van der Waals surface area contributed by atoms with E-state index in [2.05, 4.69) is 35.1 Å². The van der Waals surface area contributed by atoms with Crippen LogP contribution in [-0.4, -0.2) is 85.1 Å². The quantitative estimate of drug-likeness (QED) is 0.0683. The monoisotopic (exact) mass is 811 g/mol. The maximum Gasteiger partial charge on any atom is 0.417 e. The molecule has 0 saturated heterocycles. The molecule has 0 radical (unpaired) electrons. The van der Waals surface area contributed by atoms with Gasteiger partial charge in [0.1, 0.15) is 22.4 Å². The molecule has 6 rings (SSSR count). The van der Waals surface area contributed by atoms with Gasteiger partial charge in [0.25, 0.3) is 0 Å². The van der Waals surface area contributed by atoms with E-state index < -0.39 is 43.2 Å². The first-order valence-electron chi connectivity index (χ1n) is 15.5. The van der Waals surface area contributed by atoms with E-state index >= 15 is 0 Å². The van der Waals surface area contributed by atoms with Crippen molar-refractivity contribution in [3.05, 3.63) is 71.3 Å². The number of alkyl halides is 6. The summed E-state index contributed by atoms with van der Waals surface area (Å²) < 4.78 is 130. The maximum absolute atomic E-state index is 12.9. The highest BCUT2D eigenvalue weighted by atomic mass is 32.2. The number of aldehydes is 1. The van der Waals surface area contributed by atoms with Crippen LogP contribution in [0.15, 0.2) is 64.0 Å². The van der Waals surface area contributed by atoms with Gasteiger partial charge < -0.3 is 14.3 Å². The molecule has 0 amide bonds. The molecule has 15 nitrogen and oxygen atoms in total. The van der Waals surface area contributed by atoms with Gasteiger partial charge in [-0.25, -0.2) is 36.8 Å². The predicted octanol–water partition coefficient (Wildman–Crippen LogP) is 5.31. The van der Waals surface area contributed by atoms with Crippen LogP contribution < -0.4 is 0 Å². The number of rotatable bonds is 8. The van der Waals surface area contributed by atoms with E-state index in [1.54, 1.807) is 0 Å². The van der Waals surface area contributed by atoms with Crippen molar-refractivity contribution < 1.29 is 53.2 Å². The van der Waals surface area contributed by atoms with Crippen LogP contribution >= 0.6 is 0 Å². The summed E-state index contributed by atoms with van der Waals surface area (Å²) in [5.41, 5.74) is -1.55. The van der Waals surface area contributed by atoms with Crippen molar-refractivity contribution in [1.82, 2.24) is 39.0 Å². The molecule has 6 aromatic rings. The Morgan fingerprint density at radius 3 is 1.44 bits per heavy atom. The van der Waals surface area contributed by atoms with Gasteiger partial charge in [0.15, 0.2) is 48.9 Å². The van der Waals surface area contributed by atoms with Gasteiger partial charge in [-0.3, -0.25) is 14.8 Å². The number of imidazole rings is 2. The van der Waals surface area contributed by atoms with E-state index in [0.29, 0.717) is 18.7 Å². The molecular formula is C32H27F6N9O6S2. The number of aryl methyl sites for hydroxylation is 2. The molecule has 0 aliphatic carbocycles. The topological polar surface area (TPSA) is 205 Å². The third-order valence-electron chi connectivity index (χ3n) is 8.02. The molecule has 0 saturated carbocycles. The fraction of sp³-hybridized carbons (Fsp3) is 0.250. The van der Waals surface area contributed by atoms with Crippen LogP contribution in [0.1, 0.15) is 40.9 Å². The first-order valence-corrected chi connectivity index (χ1v) is 18.9. The molecule has 55 heavy (non-hydrogen) atoms. The van der Waals surface area contributed by atoms with Gasteiger partial charge in [-0.2, -0.15) is 26.3 Å². The van der Waals surface area contributed by atoms with Gasteiger partial charge in [0.05, 0.1) is 38.6 Å². The maximum atomic E-state index is 12.9. The highest BCUT2D eigenvalue weighted by Crippen LogP contribution is 2.34. The summed E-state index contributed by atoms with van der Waals surface area (Å²) in [5, 5.41) is 11.5. The lowest BCUT2D eigenvalue weighted by Crippen LogP contribution is -2.09. The molecule has 0 unspecified atom stereocenters. The molecule has 0 aliphatic rings. The van der Waals surface area contributed by atoms with E-state index in [1.807, 2.05) is 0 Å². The van der Waals surface area contributed by atoms with E-state index in [4.69, 9.17) is 5.21 Å². The lowest BCUT2D eigenvalue weighted by atomic mass is 10.2. The molecule has 23 heteroatoms. The minimum atomic E-state index is -4.58. The number of carbonyl (C=O) groups is 1. The predicted molar refractivity (Wildman–Crippen MR) is 184 cm³/mol. The lowest BCUT2D eigenvalue weighted by Gasteiger charge is -2.09. The summed E-state index contributed by atoms with van der Waals surface area (Å²) in [4.78, 5) is 34.5. The van der Waals surface area contributed by atoms with E-state index in [9.17, 15) is 48.0 Å². The number of fused-ring (bicyclic) bond motifs is 2. The van der Waals surface area contributed by atoms with Gasteiger partial charge in [-0.15, -0.1) is 0 Å². The third kappa shape index (κ3) is 8.01. The number of nitrogens with zero attached hydrogens (tertiary/aromatic N) is 9. The Kier molecular flexibility index (Phi) is 10.8. The normalized spacial score (nSPS) is 12.7. The van der Waals surface area contributed by atoms with Crippen LogP contribution in [-0.2, 0) is 46.1 Å². The van der Waals surface area contributed by atoms with Crippen LogP contribution in [0.2, 0.25) is 0 Å². The van der Waals surface area contributed by atoms with Crippen molar-refractivity contribution in [2.75, 3.05) is 11.5 Å². The summed E-state index contributed by atoms with van der Waals surface area (Å²) in [6, 6.07) is 4.10. The molecule has 0 atom stereocenters. The van der Waals surface area contributed by atoms with Crippen LogP contribution in [0.25, 0.3) is 45.4 Å². The molecule has 0 spiro atoms. The van der Waals surface area contributed by atoms with Crippen molar-refractivity contribution in [3.63, 3.8) is 0 Å². The molecule has 0 fully saturated rings. The average molecular weight is 812 g/mol. The van der Waals surface area contributed by atoms with Gasteiger partial charge in [-0.05, 0) is 24.3 Å². The average Bonchev–Trinajstić information content (AvgIpc) is 3.66. The molecule has 0 aliphatic heterocycles. The zero-order valence-corrected chi connectivity index (χ0v) is 30.4. The van der Waals surface area contributed by atoms with Crippen LogP contribution in [0.3, 0.4) is 0 Å². The van der Waals surface area contributed by atoms with Crippen molar-refractivity contribution in [3.8, 4) is 23.0 Å². The van der Waals surface area contributed by atoms with Crippen LogP contribution in [0.5, 0.6) is 0 Å². The molecular weight excluding hydrogens is 785 g/mol. The summed E-state index contributed by atoms with van der Waals surface area (Å²) in [7, 11) is -4.55. The Bertz CT molecular complexity index is 2710. The number of hydrogen-bond donors (Lipinski definition) is 1. The number of hydrogen-bond acceptors (Lipinski definition) is 13. The second-order valence-corrected chi connectivity index (χ2v) is 16.0. The lowest BCUT2D eigenvalue weighted by molar-refractivity contribution is -0.138. The van der Waals surface area contributed by atoms with Gasteiger partial charge in [0.2, 0.25) is 0 Å². The number of pyridine rings is 4. The van der Waals surface area contributed by atoms with Crippen LogP contribution in [0.4, 0.5) is 26.3 Å². The zero-order valence-electron chi connectivity index (χ0n) is 28.8.